The van der Waals surface area contributed by atoms with Gasteiger partial charge >= 0.3 is 0 Å². The van der Waals surface area contributed by atoms with Gasteiger partial charge in [0.1, 0.15) is 0 Å². The summed E-state index contributed by atoms with van der Waals surface area (Å²) in [6, 6.07) is 0. The second kappa shape index (κ2) is 5.78. The molecular formula is C21H35Br. The first-order valence-electron chi connectivity index (χ1n) is 10.2. The molecule has 1 heteroatoms. The van der Waals surface area contributed by atoms with Crippen molar-refractivity contribution in [3.63, 3.8) is 0 Å². The van der Waals surface area contributed by atoms with Crippen molar-refractivity contribution in [3.8, 4) is 0 Å². The van der Waals surface area contributed by atoms with E-state index in [9.17, 15) is 0 Å². The van der Waals surface area contributed by atoms with E-state index in [0.29, 0.717) is 5.41 Å². The maximum atomic E-state index is 3.72. The Morgan fingerprint density at radius 1 is 0.818 bits per heavy atom. The second-order valence-corrected chi connectivity index (χ2v) is 10.5. The van der Waals surface area contributed by atoms with Crippen LogP contribution in [-0.2, 0) is 0 Å². The third kappa shape index (κ3) is 2.20. The van der Waals surface area contributed by atoms with Gasteiger partial charge in [0, 0.05) is 5.33 Å². The first-order valence-corrected chi connectivity index (χ1v) is 11.3. The maximum absolute atomic E-state index is 3.72. The summed E-state index contributed by atoms with van der Waals surface area (Å²) in [7, 11) is 0. The lowest BCUT2D eigenvalue weighted by Gasteiger charge is -2.60. The topological polar surface area (TPSA) is 0 Å². The molecule has 0 aromatic rings. The van der Waals surface area contributed by atoms with Crippen LogP contribution >= 0.6 is 15.9 Å². The molecule has 4 fully saturated rings. The van der Waals surface area contributed by atoms with Crippen LogP contribution in [-0.4, -0.2) is 5.33 Å². The summed E-state index contributed by atoms with van der Waals surface area (Å²) >= 11 is 3.72. The van der Waals surface area contributed by atoms with E-state index >= 15 is 0 Å². The number of alkyl halides is 1. The monoisotopic (exact) mass is 366 g/mol. The SMILES string of the molecule is C[C@]12CCCC[C@H]1CC[C@@H]1[C@@H]2CC[C@]2(C)[C@H](CCBr)CC[C@@H]12. The summed E-state index contributed by atoms with van der Waals surface area (Å²) < 4.78 is 0. The highest BCUT2D eigenvalue weighted by atomic mass is 79.9. The summed E-state index contributed by atoms with van der Waals surface area (Å²) in [5, 5.41) is 1.22. The zero-order valence-electron chi connectivity index (χ0n) is 14.7. The molecule has 0 nitrogen and oxygen atoms in total. The average Bonchev–Trinajstić information content (AvgIpc) is 2.84. The number of hydrogen-bond donors (Lipinski definition) is 0. The zero-order valence-corrected chi connectivity index (χ0v) is 16.3. The van der Waals surface area contributed by atoms with Crippen molar-refractivity contribution >= 4 is 15.9 Å². The molecule has 0 amide bonds. The van der Waals surface area contributed by atoms with Gasteiger partial charge in [0.25, 0.3) is 0 Å². The summed E-state index contributed by atoms with van der Waals surface area (Å²) in [6.07, 6.45) is 16.9. The number of hydrogen-bond acceptors (Lipinski definition) is 0. The Morgan fingerprint density at radius 2 is 1.64 bits per heavy atom. The van der Waals surface area contributed by atoms with Crippen LogP contribution in [0.1, 0.15) is 84.5 Å². The van der Waals surface area contributed by atoms with Crippen LogP contribution in [0.15, 0.2) is 0 Å². The average molecular weight is 367 g/mol. The van der Waals surface area contributed by atoms with Crippen molar-refractivity contribution in [1.82, 2.24) is 0 Å². The Bertz CT molecular complexity index is 418. The molecule has 7 atom stereocenters. The van der Waals surface area contributed by atoms with E-state index in [1.165, 1.54) is 31.0 Å². The van der Waals surface area contributed by atoms with Crippen LogP contribution in [0, 0.1) is 40.4 Å². The Hall–Kier alpha value is 0.480. The van der Waals surface area contributed by atoms with Gasteiger partial charge in [-0.05, 0) is 98.2 Å². The number of rotatable bonds is 2. The highest BCUT2D eigenvalue weighted by Crippen LogP contribution is 2.67. The van der Waals surface area contributed by atoms with E-state index in [4.69, 9.17) is 0 Å². The normalized spacial score (nSPS) is 54.4. The van der Waals surface area contributed by atoms with Crippen LogP contribution in [0.3, 0.4) is 0 Å². The summed E-state index contributed by atoms with van der Waals surface area (Å²) in [5.41, 5.74) is 1.41. The Kier molecular flexibility index (Phi) is 4.20. The van der Waals surface area contributed by atoms with Gasteiger partial charge < -0.3 is 0 Å². The zero-order chi connectivity index (χ0) is 15.4. The van der Waals surface area contributed by atoms with Gasteiger partial charge in [0.05, 0.1) is 0 Å². The van der Waals surface area contributed by atoms with Gasteiger partial charge in [0.2, 0.25) is 0 Å². The lowest BCUT2D eigenvalue weighted by atomic mass is 9.45. The molecule has 0 N–H and O–H groups in total. The molecule has 22 heavy (non-hydrogen) atoms. The fourth-order valence-electron chi connectivity index (χ4n) is 8.01. The van der Waals surface area contributed by atoms with Crippen molar-refractivity contribution in [2.45, 2.75) is 84.5 Å². The van der Waals surface area contributed by atoms with Crippen LogP contribution in [0.2, 0.25) is 0 Å². The van der Waals surface area contributed by atoms with Crippen molar-refractivity contribution in [1.29, 1.82) is 0 Å². The van der Waals surface area contributed by atoms with Crippen LogP contribution < -0.4 is 0 Å². The fraction of sp³-hybridized carbons (Fsp3) is 1.00. The molecule has 0 saturated heterocycles. The smallest absolute Gasteiger partial charge is 0.00341 e. The van der Waals surface area contributed by atoms with Crippen LogP contribution in [0.25, 0.3) is 0 Å². The first kappa shape index (κ1) is 16.0. The van der Waals surface area contributed by atoms with Gasteiger partial charge in [-0.2, -0.15) is 0 Å². The Balaban J connectivity index is 1.59. The quantitative estimate of drug-likeness (QED) is 0.470. The molecule has 4 rings (SSSR count). The van der Waals surface area contributed by atoms with Gasteiger partial charge in [-0.3, -0.25) is 0 Å². The van der Waals surface area contributed by atoms with E-state index in [0.717, 1.165) is 35.0 Å². The van der Waals surface area contributed by atoms with Crippen molar-refractivity contribution in [2.24, 2.45) is 40.4 Å². The second-order valence-electron chi connectivity index (χ2n) is 9.70. The first-order chi connectivity index (χ1) is 10.6. The molecule has 0 aromatic carbocycles. The van der Waals surface area contributed by atoms with Crippen molar-refractivity contribution in [3.05, 3.63) is 0 Å². The van der Waals surface area contributed by atoms with Crippen LogP contribution in [0.4, 0.5) is 0 Å². The molecular weight excluding hydrogens is 332 g/mol. The summed E-state index contributed by atoms with van der Waals surface area (Å²) in [4.78, 5) is 0. The minimum atomic E-state index is 0.687. The van der Waals surface area contributed by atoms with Crippen molar-refractivity contribution in [2.75, 3.05) is 5.33 Å². The summed E-state index contributed by atoms with van der Waals surface area (Å²) in [6.45, 7) is 5.39. The standard InChI is InChI=1S/C21H35Br/c1-20-12-4-3-5-15(20)6-8-17-18-9-7-16(11-14-22)21(18,2)13-10-19(17)20/h15-19H,3-14H2,1-2H3/t15-,16-,17-,18-,19-,20-,21+/m0/s1. The Labute approximate surface area is 146 Å². The van der Waals surface area contributed by atoms with Gasteiger partial charge in [-0.15, -0.1) is 0 Å². The molecule has 0 spiro atoms. The van der Waals surface area contributed by atoms with Gasteiger partial charge in [-0.25, -0.2) is 0 Å². The van der Waals surface area contributed by atoms with Gasteiger partial charge in [-0.1, -0.05) is 42.6 Å². The predicted molar refractivity (Wildman–Crippen MR) is 98.2 cm³/mol. The third-order valence-corrected chi connectivity index (χ3v) is 9.70. The molecule has 0 radical (unpaired) electrons. The summed E-state index contributed by atoms with van der Waals surface area (Å²) in [5.74, 6) is 5.31. The minimum absolute atomic E-state index is 0.687. The molecule has 0 bridgehead atoms. The number of halogens is 1. The van der Waals surface area contributed by atoms with E-state index in [-0.39, 0.29) is 0 Å². The largest absolute Gasteiger partial charge is 0.0928 e. The predicted octanol–water partition coefficient (Wildman–Crippen LogP) is 6.82. The molecule has 0 heterocycles. The Morgan fingerprint density at radius 3 is 2.45 bits per heavy atom. The highest BCUT2D eigenvalue weighted by Gasteiger charge is 2.59. The molecule has 0 aromatic heterocycles. The molecule has 0 unspecified atom stereocenters. The van der Waals surface area contributed by atoms with E-state index in [1.807, 2.05) is 0 Å². The van der Waals surface area contributed by atoms with Crippen molar-refractivity contribution < 1.29 is 0 Å². The molecule has 4 saturated carbocycles. The molecule has 4 aliphatic carbocycles. The van der Waals surface area contributed by atoms with E-state index in [2.05, 4.69) is 29.8 Å². The lowest BCUT2D eigenvalue weighted by molar-refractivity contribution is -0.110. The third-order valence-electron chi connectivity index (χ3n) is 9.24. The molecule has 0 aliphatic heterocycles. The van der Waals surface area contributed by atoms with Gasteiger partial charge in [0.15, 0.2) is 0 Å². The van der Waals surface area contributed by atoms with E-state index < -0.39 is 0 Å². The minimum Gasteiger partial charge on any atom is -0.0928 e. The molecule has 126 valence electrons. The highest BCUT2D eigenvalue weighted by molar-refractivity contribution is 9.09. The molecule has 4 aliphatic rings. The fourth-order valence-corrected chi connectivity index (χ4v) is 8.56. The number of fused-ring (bicyclic) bond motifs is 5. The lowest BCUT2D eigenvalue weighted by Crippen LogP contribution is -2.52. The van der Waals surface area contributed by atoms with Crippen LogP contribution in [0.5, 0.6) is 0 Å². The maximum Gasteiger partial charge on any atom is 0.00341 e. The van der Waals surface area contributed by atoms with E-state index in [1.54, 1.807) is 44.9 Å².